The molecule has 0 aliphatic carbocycles. The van der Waals surface area contributed by atoms with E-state index >= 15 is 0 Å². The molecule has 0 radical (unpaired) electrons. The van der Waals surface area contributed by atoms with Crippen molar-refractivity contribution < 1.29 is 23.7 Å². The van der Waals surface area contributed by atoms with Crippen LogP contribution in [0.4, 0.5) is 0 Å². The normalized spacial score (nSPS) is 14.2. The molecule has 2 nitrogen and oxygen atoms in total. The Morgan fingerprint density at radius 2 is 1.44 bits per heavy atom. The van der Waals surface area contributed by atoms with Crippen molar-refractivity contribution in [2.24, 2.45) is 5.92 Å². The molecule has 3 heteroatoms. The van der Waals surface area contributed by atoms with Crippen molar-refractivity contribution in [3.63, 3.8) is 0 Å². The molecule has 2 unspecified atom stereocenters. The van der Waals surface area contributed by atoms with E-state index < -0.39 is 0 Å². The fourth-order valence-corrected chi connectivity index (χ4v) is 2.98. The maximum absolute atomic E-state index is 6.50. The van der Waals surface area contributed by atoms with Gasteiger partial charge in [0.2, 0.25) is 0 Å². The van der Waals surface area contributed by atoms with Gasteiger partial charge in [-0.05, 0) is 39.2 Å². The molecule has 130 valence electrons. The second kappa shape index (κ2) is 9.60. The Hall–Kier alpha value is -1.04. The van der Waals surface area contributed by atoms with Crippen LogP contribution in [0.1, 0.15) is 64.8 Å². The minimum atomic E-state index is -0.111. The molecule has 25 heavy (non-hydrogen) atoms. The molecule has 0 fully saturated rings. The van der Waals surface area contributed by atoms with E-state index in [-0.39, 0.29) is 36.5 Å². The quantitative estimate of drug-likeness (QED) is 0.458. The van der Waals surface area contributed by atoms with Crippen molar-refractivity contribution in [2.45, 2.75) is 59.2 Å². The van der Waals surface area contributed by atoms with Gasteiger partial charge < -0.3 is 0 Å². The van der Waals surface area contributed by atoms with Gasteiger partial charge in [-0.2, -0.15) is 35.4 Å². The number of hydroxylamine groups is 2. The predicted molar refractivity (Wildman–Crippen MR) is 100 cm³/mol. The van der Waals surface area contributed by atoms with Crippen molar-refractivity contribution in [3.8, 4) is 0 Å². The van der Waals surface area contributed by atoms with Gasteiger partial charge in [0.25, 0.3) is 0 Å². The maximum Gasteiger partial charge on any atom is 1.00 e. The van der Waals surface area contributed by atoms with E-state index in [0.29, 0.717) is 5.92 Å². The summed E-state index contributed by atoms with van der Waals surface area (Å²) in [4.78, 5) is 6.50. The molecule has 0 aliphatic heterocycles. The largest absolute Gasteiger partial charge is 1.00 e. The summed E-state index contributed by atoms with van der Waals surface area (Å²) in [5.41, 5.74) is 2.34. The van der Waals surface area contributed by atoms with Crippen LogP contribution in [0.25, 0.3) is 0 Å². The van der Waals surface area contributed by atoms with Crippen molar-refractivity contribution in [3.05, 3.63) is 71.8 Å². The molecule has 0 aromatic heterocycles. The van der Waals surface area contributed by atoms with Crippen LogP contribution in [0, 0.1) is 12.0 Å². The van der Waals surface area contributed by atoms with E-state index in [1.165, 1.54) is 11.1 Å². The van der Waals surface area contributed by atoms with Crippen LogP contribution in [-0.2, 0) is 4.84 Å². The zero-order chi connectivity index (χ0) is 17.7. The molecule has 0 amide bonds. The van der Waals surface area contributed by atoms with Gasteiger partial charge in [0, 0.05) is 5.54 Å². The van der Waals surface area contributed by atoms with Gasteiger partial charge in [-0.25, -0.2) is 0 Å². The first-order valence-electron chi connectivity index (χ1n) is 8.77. The zero-order valence-corrected chi connectivity index (χ0v) is 16.8. The molecule has 0 bridgehead atoms. The van der Waals surface area contributed by atoms with Gasteiger partial charge >= 0.3 is 18.9 Å². The van der Waals surface area contributed by atoms with Gasteiger partial charge in [0.15, 0.2) is 0 Å². The smallest absolute Gasteiger partial charge is 0.292 e. The van der Waals surface area contributed by atoms with Crippen LogP contribution in [0.2, 0.25) is 0 Å². The Balaban J connectivity index is 0.00000312. The summed E-state index contributed by atoms with van der Waals surface area (Å²) < 4.78 is 0. The second-order valence-corrected chi connectivity index (χ2v) is 7.68. The third-order valence-electron chi connectivity index (χ3n) is 4.17. The first-order valence-corrected chi connectivity index (χ1v) is 8.77. The molecule has 2 rings (SSSR count). The molecular formula is C22H30LiNO. The maximum atomic E-state index is 6.50. The summed E-state index contributed by atoms with van der Waals surface area (Å²) in [5.74, 6) is 0.433. The Morgan fingerprint density at radius 1 is 0.880 bits per heavy atom. The minimum absolute atomic E-state index is 0. The molecule has 0 heterocycles. The monoisotopic (exact) mass is 331 g/mol. The van der Waals surface area contributed by atoms with E-state index in [2.05, 4.69) is 95.1 Å². The molecule has 0 saturated carbocycles. The number of rotatable bonds is 6. The van der Waals surface area contributed by atoms with E-state index in [9.17, 15) is 0 Å². The minimum Gasteiger partial charge on any atom is -0.292 e. The summed E-state index contributed by atoms with van der Waals surface area (Å²) in [6.07, 6.45) is -0.0104. The average molecular weight is 331 g/mol. The molecule has 0 spiro atoms. The number of benzene rings is 2. The van der Waals surface area contributed by atoms with Crippen LogP contribution in [0.5, 0.6) is 0 Å². The van der Waals surface area contributed by atoms with E-state index in [1.807, 2.05) is 12.1 Å². The van der Waals surface area contributed by atoms with Crippen molar-refractivity contribution in [2.75, 3.05) is 0 Å². The number of hydrogen-bond donors (Lipinski definition) is 0. The fourth-order valence-electron chi connectivity index (χ4n) is 2.98. The van der Waals surface area contributed by atoms with Gasteiger partial charge in [-0.3, -0.25) is 4.84 Å². The molecule has 0 saturated heterocycles. The van der Waals surface area contributed by atoms with Crippen LogP contribution < -0.4 is 18.9 Å². The van der Waals surface area contributed by atoms with Gasteiger partial charge in [-0.15, -0.1) is 5.56 Å². The van der Waals surface area contributed by atoms with Crippen LogP contribution in [0.3, 0.4) is 0 Å². The van der Waals surface area contributed by atoms with Gasteiger partial charge in [-0.1, -0.05) is 44.2 Å². The second-order valence-electron chi connectivity index (χ2n) is 7.68. The van der Waals surface area contributed by atoms with Crippen LogP contribution in [0.15, 0.2) is 54.6 Å². The SMILES string of the molecule is CC(ON(C(c1ccccc1)C(C)C)C(C)(C)C)c1cc[c-]cc1.[Li+]. The molecule has 2 aromatic carbocycles. The molecule has 0 aliphatic rings. The molecular weight excluding hydrogens is 301 g/mol. The standard InChI is InChI=1S/C22H30NO.Li/c1-17(2)21(20-15-11-8-12-16-20)23(22(4,5)6)24-18(3)19-13-9-7-10-14-19;/h8-18,21H,1-6H3;/q-1;+1. The van der Waals surface area contributed by atoms with Crippen molar-refractivity contribution in [1.29, 1.82) is 0 Å². The number of hydrogen-bond acceptors (Lipinski definition) is 2. The Bertz CT molecular complexity index is 607. The van der Waals surface area contributed by atoms with Crippen molar-refractivity contribution in [1.82, 2.24) is 5.06 Å². The number of nitrogens with zero attached hydrogens (tertiary/aromatic N) is 1. The van der Waals surface area contributed by atoms with E-state index in [1.54, 1.807) is 0 Å². The van der Waals surface area contributed by atoms with Gasteiger partial charge in [0.05, 0.1) is 12.1 Å². The Kier molecular flexibility index (Phi) is 8.45. The molecule has 0 N–H and O–H groups in total. The topological polar surface area (TPSA) is 12.5 Å². The summed E-state index contributed by atoms with van der Waals surface area (Å²) in [6.45, 7) is 13.2. The van der Waals surface area contributed by atoms with E-state index in [4.69, 9.17) is 4.84 Å². The molecule has 2 aromatic rings. The van der Waals surface area contributed by atoms with Crippen LogP contribution >= 0.6 is 0 Å². The fraction of sp³-hybridized carbons (Fsp3) is 0.455. The van der Waals surface area contributed by atoms with Crippen molar-refractivity contribution >= 4 is 0 Å². The summed E-state index contributed by atoms with van der Waals surface area (Å²) >= 11 is 0. The van der Waals surface area contributed by atoms with Crippen LogP contribution in [-0.4, -0.2) is 10.6 Å². The third kappa shape index (κ3) is 6.01. The third-order valence-corrected chi connectivity index (χ3v) is 4.17. The first kappa shape index (κ1) is 22.0. The summed E-state index contributed by atoms with van der Waals surface area (Å²) in [6, 6.07) is 21.9. The first-order chi connectivity index (χ1) is 11.3. The van der Waals surface area contributed by atoms with E-state index in [0.717, 1.165) is 0 Å². The molecule has 2 atom stereocenters. The Labute approximate surface area is 165 Å². The summed E-state index contributed by atoms with van der Waals surface area (Å²) in [7, 11) is 0. The zero-order valence-electron chi connectivity index (χ0n) is 16.8. The predicted octanol–water partition coefficient (Wildman–Crippen LogP) is 2.98. The Morgan fingerprint density at radius 3 is 1.92 bits per heavy atom. The average Bonchev–Trinajstić information content (AvgIpc) is 2.55. The summed E-state index contributed by atoms with van der Waals surface area (Å²) in [5, 5.41) is 2.17. The van der Waals surface area contributed by atoms with Gasteiger partial charge in [0.1, 0.15) is 0 Å².